The smallest absolute Gasteiger partial charge is 0.239 e. The lowest BCUT2D eigenvalue weighted by Crippen LogP contribution is -2.47. The van der Waals surface area contributed by atoms with Crippen molar-refractivity contribution in [3.05, 3.63) is 23.8 Å². The van der Waals surface area contributed by atoms with E-state index in [0.717, 1.165) is 5.56 Å². The Balaban J connectivity index is 0.00000288. The van der Waals surface area contributed by atoms with Crippen LogP contribution in [0.3, 0.4) is 0 Å². The maximum absolute atomic E-state index is 11.9. The lowest BCUT2D eigenvalue weighted by atomic mass is 10.1. The van der Waals surface area contributed by atoms with Crippen LogP contribution < -0.4 is 25.8 Å². The van der Waals surface area contributed by atoms with Gasteiger partial charge in [0.1, 0.15) is 0 Å². The number of carbonyl (C=O) groups excluding carboxylic acids is 2. The second kappa shape index (κ2) is 8.75. The van der Waals surface area contributed by atoms with E-state index in [1.54, 1.807) is 0 Å². The molecular weight excluding hydrogens is 334 g/mol. The second-order valence-corrected chi connectivity index (χ2v) is 5.89. The van der Waals surface area contributed by atoms with E-state index >= 15 is 0 Å². The van der Waals surface area contributed by atoms with Crippen LogP contribution >= 0.6 is 12.4 Å². The average Bonchev–Trinajstić information content (AvgIpc) is 2.99. The molecule has 134 valence electrons. The summed E-state index contributed by atoms with van der Waals surface area (Å²) in [4.78, 5) is 23.7. The Labute approximate surface area is 147 Å². The summed E-state index contributed by atoms with van der Waals surface area (Å²) < 4.78 is 10.6. The molecule has 2 rings (SSSR count). The molecule has 1 aliphatic rings. The number of benzene rings is 1. The SMILES string of the molecule is CC(NC(=O)CNC(=O)[C@@H](N)C(C)C)c1ccc2c(c1)OCO2.Cl. The fraction of sp³-hybridized carbons (Fsp3) is 0.500. The largest absolute Gasteiger partial charge is 0.454 e. The Bertz CT molecular complexity index is 595. The van der Waals surface area contributed by atoms with Gasteiger partial charge in [0.15, 0.2) is 11.5 Å². The topological polar surface area (TPSA) is 103 Å². The monoisotopic (exact) mass is 357 g/mol. The molecule has 0 bridgehead atoms. The number of halogens is 1. The average molecular weight is 358 g/mol. The predicted octanol–water partition coefficient (Wildman–Crippen LogP) is 1.11. The zero-order valence-corrected chi connectivity index (χ0v) is 14.8. The van der Waals surface area contributed by atoms with Gasteiger partial charge in [-0.1, -0.05) is 19.9 Å². The molecule has 1 aromatic carbocycles. The Morgan fingerprint density at radius 1 is 1.21 bits per heavy atom. The van der Waals surface area contributed by atoms with Gasteiger partial charge in [0.25, 0.3) is 0 Å². The van der Waals surface area contributed by atoms with E-state index in [9.17, 15) is 9.59 Å². The molecule has 0 spiro atoms. The van der Waals surface area contributed by atoms with Crippen LogP contribution in [0, 0.1) is 5.92 Å². The van der Waals surface area contributed by atoms with Crippen molar-refractivity contribution in [2.45, 2.75) is 32.9 Å². The van der Waals surface area contributed by atoms with E-state index < -0.39 is 6.04 Å². The molecule has 0 aliphatic carbocycles. The molecule has 7 nitrogen and oxygen atoms in total. The summed E-state index contributed by atoms with van der Waals surface area (Å²) in [7, 11) is 0. The van der Waals surface area contributed by atoms with Crippen LogP contribution in [-0.4, -0.2) is 31.2 Å². The fourth-order valence-corrected chi connectivity index (χ4v) is 2.15. The predicted molar refractivity (Wildman–Crippen MR) is 92.2 cm³/mol. The van der Waals surface area contributed by atoms with E-state index in [-0.39, 0.29) is 49.5 Å². The zero-order chi connectivity index (χ0) is 17.0. The third-order valence-corrected chi connectivity index (χ3v) is 3.72. The fourth-order valence-electron chi connectivity index (χ4n) is 2.15. The van der Waals surface area contributed by atoms with Gasteiger partial charge in [0.2, 0.25) is 18.6 Å². The highest BCUT2D eigenvalue weighted by molar-refractivity contribution is 5.87. The summed E-state index contributed by atoms with van der Waals surface area (Å²) in [5, 5.41) is 5.36. The molecule has 0 radical (unpaired) electrons. The molecule has 1 aromatic rings. The standard InChI is InChI=1S/C16H23N3O4.ClH/c1-9(2)15(17)16(21)18-7-14(20)19-10(3)11-4-5-12-13(6-11)23-8-22-12;/h4-6,9-10,15H,7-8,17H2,1-3H3,(H,18,21)(H,19,20);1H/t10?,15-;/m0./s1. The van der Waals surface area contributed by atoms with Crippen molar-refractivity contribution in [2.75, 3.05) is 13.3 Å². The molecule has 2 amide bonds. The van der Waals surface area contributed by atoms with Crippen LogP contribution in [-0.2, 0) is 9.59 Å². The van der Waals surface area contributed by atoms with Gasteiger partial charge in [-0.05, 0) is 30.5 Å². The molecule has 1 aliphatic heterocycles. The number of carbonyl (C=O) groups is 2. The number of hydrogen-bond acceptors (Lipinski definition) is 5. The molecule has 1 heterocycles. The molecule has 4 N–H and O–H groups in total. The van der Waals surface area contributed by atoms with Gasteiger partial charge < -0.3 is 25.8 Å². The minimum Gasteiger partial charge on any atom is -0.454 e. The van der Waals surface area contributed by atoms with Crippen LogP contribution in [0.15, 0.2) is 18.2 Å². The highest BCUT2D eigenvalue weighted by Gasteiger charge is 2.19. The van der Waals surface area contributed by atoms with Crippen molar-refractivity contribution in [3.8, 4) is 11.5 Å². The first kappa shape index (κ1) is 20.1. The number of amides is 2. The summed E-state index contributed by atoms with van der Waals surface area (Å²) >= 11 is 0. The highest BCUT2D eigenvalue weighted by Crippen LogP contribution is 2.34. The molecule has 24 heavy (non-hydrogen) atoms. The first-order valence-electron chi connectivity index (χ1n) is 7.60. The van der Waals surface area contributed by atoms with Crippen molar-refractivity contribution < 1.29 is 19.1 Å². The first-order valence-corrected chi connectivity index (χ1v) is 7.60. The third-order valence-electron chi connectivity index (χ3n) is 3.72. The Morgan fingerprint density at radius 2 is 1.88 bits per heavy atom. The highest BCUT2D eigenvalue weighted by atomic mass is 35.5. The van der Waals surface area contributed by atoms with Crippen molar-refractivity contribution >= 4 is 24.2 Å². The number of nitrogens with one attached hydrogen (secondary N) is 2. The van der Waals surface area contributed by atoms with Gasteiger partial charge in [-0.2, -0.15) is 0 Å². The van der Waals surface area contributed by atoms with Crippen molar-refractivity contribution in [2.24, 2.45) is 11.7 Å². The molecule has 0 fully saturated rings. The molecule has 0 saturated carbocycles. The second-order valence-electron chi connectivity index (χ2n) is 5.89. The van der Waals surface area contributed by atoms with Gasteiger partial charge in [-0.3, -0.25) is 9.59 Å². The van der Waals surface area contributed by atoms with Crippen molar-refractivity contribution in [1.82, 2.24) is 10.6 Å². The van der Waals surface area contributed by atoms with Crippen molar-refractivity contribution in [1.29, 1.82) is 0 Å². The third kappa shape index (κ3) is 5.01. The summed E-state index contributed by atoms with van der Waals surface area (Å²) in [6.45, 7) is 5.67. The summed E-state index contributed by atoms with van der Waals surface area (Å²) in [5.41, 5.74) is 6.62. The maximum atomic E-state index is 11.9. The summed E-state index contributed by atoms with van der Waals surface area (Å²) in [5.74, 6) is 0.776. The molecule has 1 unspecified atom stereocenters. The quantitative estimate of drug-likeness (QED) is 0.707. The molecule has 0 aromatic heterocycles. The van der Waals surface area contributed by atoms with Gasteiger partial charge in [-0.15, -0.1) is 12.4 Å². The van der Waals surface area contributed by atoms with Gasteiger partial charge in [0, 0.05) is 0 Å². The lowest BCUT2D eigenvalue weighted by Gasteiger charge is -2.17. The van der Waals surface area contributed by atoms with Crippen LogP contribution in [0.2, 0.25) is 0 Å². The van der Waals surface area contributed by atoms with Gasteiger partial charge in [0.05, 0.1) is 18.6 Å². The number of fused-ring (bicyclic) bond motifs is 1. The Morgan fingerprint density at radius 3 is 2.54 bits per heavy atom. The Kier molecular flexibility index (Phi) is 7.31. The lowest BCUT2D eigenvalue weighted by molar-refractivity contribution is -0.127. The van der Waals surface area contributed by atoms with Crippen LogP contribution in [0.1, 0.15) is 32.4 Å². The summed E-state index contributed by atoms with van der Waals surface area (Å²) in [6, 6.07) is 4.68. The Hall–Kier alpha value is -1.99. The van der Waals surface area contributed by atoms with Crippen LogP contribution in [0.4, 0.5) is 0 Å². The van der Waals surface area contributed by atoms with E-state index in [1.165, 1.54) is 0 Å². The number of rotatable bonds is 6. The number of ether oxygens (including phenoxy) is 2. The van der Waals surface area contributed by atoms with Crippen LogP contribution in [0.5, 0.6) is 11.5 Å². The zero-order valence-electron chi connectivity index (χ0n) is 14.0. The number of hydrogen-bond donors (Lipinski definition) is 3. The molecule has 2 atom stereocenters. The maximum Gasteiger partial charge on any atom is 0.239 e. The van der Waals surface area contributed by atoms with E-state index in [2.05, 4.69) is 10.6 Å². The van der Waals surface area contributed by atoms with E-state index in [4.69, 9.17) is 15.2 Å². The van der Waals surface area contributed by atoms with Gasteiger partial charge >= 0.3 is 0 Å². The van der Waals surface area contributed by atoms with Crippen LogP contribution in [0.25, 0.3) is 0 Å². The first-order chi connectivity index (χ1) is 10.9. The minimum absolute atomic E-state index is 0. The van der Waals surface area contributed by atoms with E-state index in [0.29, 0.717) is 11.5 Å². The normalized spacial score (nSPS) is 14.5. The molecule has 8 heteroatoms. The summed E-state index contributed by atoms with van der Waals surface area (Å²) in [6.07, 6.45) is 0. The van der Waals surface area contributed by atoms with Gasteiger partial charge in [-0.25, -0.2) is 0 Å². The molecular formula is C16H24ClN3O4. The number of nitrogens with two attached hydrogens (primary N) is 1. The van der Waals surface area contributed by atoms with Crippen molar-refractivity contribution in [3.63, 3.8) is 0 Å². The minimum atomic E-state index is -0.617. The van der Waals surface area contributed by atoms with E-state index in [1.807, 2.05) is 39.0 Å². The molecule has 0 saturated heterocycles.